The third-order valence-electron chi connectivity index (χ3n) is 3.41. The zero-order chi connectivity index (χ0) is 15.2. The van der Waals surface area contributed by atoms with Gasteiger partial charge in [0, 0.05) is 13.0 Å². The van der Waals surface area contributed by atoms with Crippen molar-refractivity contribution < 1.29 is 18.4 Å². The van der Waals surface area contributed by atoms with Crippen LogP contribution < -0.4 is 11.1 Å². The van der Waals surface area contributed by atoms with E-state index in [9.17, 15) is 18.4 Å². The average Bonchev–Trinajstić information content (AvgIpc) is 2.45. The highest BCUT2D eigenvalue weighted by Crippen LogP contribution is 2.19. The molecule has 0 bridgehead atoms. The van der Waals surface area contributed by atoms with Crippen LogP contribution in [0.1, 0.15) is 39.0 Å². The predicted octanol–water partition coefficient (Wildman–Crippen LogP) is 0.878. The van der Waals surface area contributed by atoms with Crippen molar-refractivity contribution in [3.63, 3.8) is 0 Å². The minimum Gasteiger partial charge on any atom is -0.348 e. The quantitative estimate of drug-likeness (QED) is 0.762. The maximum absolute atomic E-state index is 13.0. The van der Waals surface area contributed by atoms with E-state index in [0.29, 0.717) is 25.8 Å². The van der Waals surface area contributed by atoms with E-state index in [0.717, 1.165) is 12.8 Å². The molecule has 0 spiro atoms. The Morgan fingerprint density at radius 1 is 1.40 bits per heavy atom. The van der Waals surface area contributed by atoms with Gasteiger partial charge < -0.3 is 16.0 Å². The summed E-state index contributed by atoms with van der Waals surface area (Å²) in [6, 6.07) is -0.628. The minimum absolute atomic E-state index is 0.0852. The van der Waals surface area contributed by atoms with Crippen LogP contribution in [-0.4, -0.2) is 48.3 Å². The smallest absolute Gasteiger partial charge is 0.277 e. The molecule has 0 aromatic carbocycles. The van der Waals surface area contributed by atoms with Crippen LogP contribution in [0, 0.1) is 0 Å². The van der Waals surface area contributed by atoms with Crippen molar-refractivity contribution in [3.05, 3.63) is 0 Å². The molecule has 0 aliphatic carbocycles. The Morgan fingerprint density at radius 3 is 2.70 bits per heavy atom. The fourth-order valence-electron chi connectivity index (χ4n) is 2.27. The molecule has 3 N–H and O–H groups in total. The summed E-state index contributed by atoms with van der Waals surface area (Å²) >= 11 is 0. The maximum atomic E-state index is 13.0. The number of alkyl halides is 2. The molecule has 1 atom stereocenters. The van der Waals surface area contributed by atoms with Gasteiger partial charge in [-0.3, -0.25) is 9.59 Å². The van der Waals surface area contributed by atoms with E-state index in [4.69, 9.17) is 5.73 Å². The molecule has 1 unspecified atom stereocenters. The van der Waals surface area contributed by atoms with Gasteiger partial charge in [0.25, 0.3) is 5.92 Å². The van der Waals surface area contributed by atoms with E-state index in [1.54, 1.807) is 0 Å². The molecule has 0 aromatic heterocycles. The van der Waals surface area contributed by atoms with Crippen LogP contribution >= 0.6 is 0 Å². The summed E-state index contributed by atoms with van der Waals surface area (Å²) in [5.74, 6) is -3.71. The predicted molar refractivity (Wildman–Crippen MR) is 71.3 cm³/mol. The highest BCUT2D eigenvalue weighted by atomic mass is 19.3. The first-order valence-electron chi connectivity index (χ1n) is 7.06. The lowest BCUT2D eigenvalue weighted by molar-refractivity contribution is -0.142. The summed E-state index contributed by atoms with van der Waals surface area (Å²) in [4.78, 5) is 25.5. The van der Waals surface area contributed by atoms with Crippen LogP contribution in [0.5, 0.6) is 0 Å². The SMILES string of the molecule is CCCC(=O)N1CCCCC1C(=O)NCC(F)(F)CN. The Labute approximate surface area is 117 Å². The number of halogens is 2. The molecule has 1 saturated heterocycles. The number of hydrogen-bond acceptors (Lipinski definition) is 3. The van der Waals surface area contributed by atoms with Crippen molar-refractivity contribution >= 4 is 11.8 Å². The van der Waals surface area contributed by atoms with Crippen LogP contribution in [0.2, 0.25) is 0 Å². The van der Waals surface area contributed by atoms with Crippen molar-refractivity contribution in [1.29, 1.82) is 0 Å². The zero-order valence-electron chi connectivity index (χ0n) is 11.8. The fraction of sp³-hybridized carbons (Fsp3) is 0.846. The minimum atomic E-state index is -3.11. The fourth-order valence-corrected chi connectivity index (χ4v) is 2.27. The summed E-state index contributed by atoms with van der Waals surface area (Å²) in [5, 5.41) is 2.21. The summed E-state index contributed by atoms with van der Waals surface area (Å²) < 4.78 is 26.1. The highest BCUT2D eigenvalue weighted by molar-refractivity contribution is 5.87. The van der Waals surface area contributed by atoms with Crippen LogP contribution in [0.15, 0.2) is 0 Å². The number of nitrogens with zero attached hydrogens (tertiary/aromatic N) is 1. The van der Waals surface area contributed by atoms with Gasteiger partial charge in [0.05, 0.1) is 13.1 Å². The molecule has 20 heavy (non-hydrogen) atoms. The first-order chi connectivity index (χ1) is 9.41. The molecule has 7 heteroatoms. The number of amides is 2. The molecule has 0 aromatic rings. The normalized spacial score (nSPS) is 19.8. The number of likely N-dealkylation sites (tertiary alicyclic amines) is 1. The second-order valence-corrected chi connectivity index (χ2v) is 5.13. The van der Waals surface area contributed by atoms with E-state index in [2.05, 4.69) is 5.32 Å². The van der Waals surface area contributed by atoms with Gasteiger partial charge in [-0.25, -0.2) is 8.78 Å². The van der Waals surface area contributed by atoms with Gasteiger partial charge in [0.2, 0.25) is 11.8 Å². The number of piperidine rings is 1. The molecule has 1 heterocycles. The summed E-state index contributed by atoms with van der Waals surface area (Å²) in [7, 11) is 0. The van der Waals surface area contributed by atoms with Crippen molar-refractivity contribution in [3.8, 4) is 0 Å². The summed E-state index contributed by atoms with van der Waals surface area (Å²) in [6.45, 7) is 0.813. The number of rotatable bonds is 6. The number of nitrogens with two attached hydrogens (primary N) is 1. The van der Waals surface area contributed by atoms with Gasteiger partial charge in [-0.05, 0) is 25.7 Å². The van der Waals surface area contributed by atoms with Crippen LogP contribution in [0.4, 0.5) is 8.78 Å². The van der Waals surface area contributed by atoms with Gasteiger partial charge in [-0.15, -0.1) is 0 Å². The second kappa shape index (κ2) is 7.52. The molecule has 1 rings (SSSR count). The maximum Gasteiger partial charge on any atom is 0.277 e. The highest BCUT2D eigenvalue weighted by Gasteiger charge is 2.34. The Hall–Kier alpha value is -1.24. The van der Waals surface area contributed by atoms with Gasteiger partial charge in [0.15, 0.2) is 0 Å². The second-order valence-electron chi connectivity index (χ2n) is 5.13. The van der Waals surface area contributed by atoms with E-state index >= 15 is 0 Å². The Bertz CT molecular complexity index is 351. The summed E-state index contributed by atoms with van der Waals surface area (Å²) in [6.07, 6.45) is 3.27. The molecule has 1 fully saturated rings. The molecule has 1 aliphatic heterocycles. The average molecular weight is 291 g/mol. The summed E-state index contributed by atoms with van der Waals surface area (Å²) in [5.41, 5.74) is 4.92. The van der Waals surface area contributed by atoms with Crippen molar-refractivity contribution in [2.45, 2.75) is 51.0 Å². The number of carbonyl (C=O) groups is 2. The number of carbonyl (C=O) groups excluding carboxylic acids is 2. The molecule has 0 saturated carbocycles. The van der Waals surface area contributed by atoms with E-state index < -0.39 is 31.0 Å². The largest absolute Gasteiger partial charge is 0.348 e. The van der Waals surface area contributed by atoms with Crippen molar-refractivity contribution in [1.82, 2.24) is 10.2 Å². The number of nitrogens with one attached hydrogen (secondary N) is 1. The van der Waals surface area contributed by atoms with E-state index in [1.165, 1.54) is 4.90 Å². The van der Waals surface area contributed by atoms with Gasteiger partial charge in [-0.2, -0.15) is 0 Å². The van der Waals surface area contributed by atoms with Gasteiger partial charge in [0.1, 0.15) is 6.04 Å². The molecular formula is C13H23F2N3O2. The van der Waals surface area contributed by atoms with Crippen LogP contribution in [-0.2, 0) is 9.59 Å². The first-order valence-corrected chi connectivity index (χ1v) is 7.06. The van der Waals surface area contributed by atoms with Crippen molar-refractivity contribution in [2.24, 2.45) is 5.73 Å². The molecule has 116 valence electrons. The first kappa shape index (κ1) is 16.8. The molecule has 1 aliphatic rings. The third kappa shape index (κ3) is 4.70. The van der Waals surface area contributed by atoms with E-state index in [-0.39, 0.29) is 5.91 Å². The van der Waals surface area contributed by atoms with E-state index in [1.807, 2.05) is 6.92 Å². The Kier molecular flexibility index (Phi) is 6.32. The lowest BCUT2D eigenvalue weighted by Gasteiger charge is -2.35. The Balaban J connectivity index is 2.60. The van der Waals surface area contributed by atoms with Gasteiger partial charge in [-0.1, -0.05) is 6.92 Å². The lowest BCUT2D eigenvalue weighted by atomic mass is 10.0. The van der Waals surface area contributed by atoms with Gasteiger partial charge >= 0.3 is 0 Å². The van der Waals surface area contributed by atoms with Crippen LogP contribution in [0.25, 0.3) is 0 Å². The topological polar surface area (TPSA) is 75.4 Å². The Morgan fingerprint density at radius 2 is 2.10 bits per heavy atom. The number of hydrogen-bond donors (Lipinski definition) is 2. The molecule has 2 amide bonds. The third-order valence-corrected chi connectivity index (χ3v) is 3.41. The lowest BCUT2D eigenvalue weighted by Crippen LogP contribution is -2.54. The van der Waals surface area contributed by atoms with Crippen molar-refractivity contribution in [2.75, 3.05) is 19.6 Å². The zero-order valence-corrected chi connectivity index (χ0v) is 11.8. The molecule has 0 radical (unpaired) electrons. The molecular weight excluding hydrogens is 268 g/mol. The standard InChI is InChI=1S/C13H23F2N3O2/c1-2-5-11(19)18-7-4-3-6-10(18)12(20)17-9-13(14,15)8-16/h10H,2-9,16H2,1H3,(H,17,20). The van der Waals surface area contributed by atoms with Crippen LogP contribution in [0.3, 0.4) is 0 Å². The monoisotopic (exact) mass is 291 g/mol. The molecule has 5 nitrogen and oxygen atoms in total.